The molecule has 0 heterocycles. The molecule has 142 valence electrons. The van der Waals surface area contributed by atoms with E-state index >= 15 is 0 Å². The third kappa shape index (κ3) is 2.34. The smallest absolute Gasteiger partial charge is 0.295 e. The van der Waals surface area contributed by atoms with Gasteiger partial charge in [-0.2, -0.15) is 0 Å². The van der Waals surface area contributed by atoms with Crippen molar-refractivity contribution < 1.29 is 9.90 Å². The zero-order valence-corrected chi connectivity index (χ0v) is 16.4. The number of aliphatic hydroxyl groups is 1. The average molecular weight is 356 g/mol. The van der Waals surface area contributed by atoms with Crippen LogP contribution in [0.4, 0.5) is 0 Å². The summed E-state index contributed by atoms with van der Waals surface area (Å²) in [5, 5.41) is 14.0. The predicted octanol–water partition coefficient (Wildman–Crippen LogP) is 3.82. The molecule has 0 saturated heterocycles. The van der Waals surface area contributed by atoms with Gasteiger partial charge >= 0.3 is 0 Å². The van der Waals surface area contributed by atoms with Crippen molar-refractivity contribution in [3.8, 4) is 12.3 Å². The summed E-state index contributed by atoms with van der Waals surface area (Å²) in [5.74, 6) is 3.17. The van der Waals surface area contributed by atoms with Crippen molar-refractivity contribution in [1.82, 2.24) is 5.32 Å². The van der Waals surface area contributed by atoms with Crippen LogP contribution in [-0.4, -0.2) is 23.2 Å². The third-order valence-corrected chi connectivity index (χ3v) is 9.07. The van der Waals surface area contributed by atoms with Crippen LogP contribution in [0.3, 0.4) is 0 Å². The number of hydrogen-bond donors (Lipinski definition) is 2. The summed E-state index contributed by atoms with van der Waals surface area (Å²) in [6.07, 6.45) is 15.2. The summed E-state index contributed by atoms with van der Waals surface area (Å²) >= 11 is 0. The minimum absolute atomic E-state index is 0.116. The van der Waals surface area contributed by atoms with Crippen LogP contribution >= 0.6 is 0 Å². The molecule has 0 aromatic rings. The highest BCUT2D eigenvalue weighted by Gasteiger charge is 2.66. The summed E-state index contributed by atoms with van der Waals surface area (Å²) < 4.78 is 0. The number of fused-ring (bicyclic) bond motifs is 3. The molecule has 1 amide bonds. The third-order valence-electron chi connectivity index (χ3n) is 9.07. The Balaban J connectivity index is 1.63. The van der Waals surface area contributed by atoms with Gasteiger partial charge in [0, 0.05) is 6.54 Å². The minimum Gasteiger partial charge on any atom is -0.386 e. The van der Waals surface area contributed by atoms with Crippen molar-refractivity contribution in [1.29, 1.82) is 0 Å². The molecule has 0 aromatic heterocycles. The second-order valence-corrected chi connectivity index (χ2v) is 10.4. The van der Waals surface area contributed by atoms with E-state index in [0.29, 0.717) is 18.4 Å². The molecule has 0 aromatic carbocycles. The number of carbonyl (C=O) groups excluding carboxylic acids is 1. The molecule has 0 aliphatic heterocycles. The Morgan fingerprint density at radius 3 is 2.73 bits per heavy atom. The van der Waals surface area contributed by atoms with E-state index < -0.39 is 5.60 Å². The summed E-state index contributed by atoms with van der Waals surface area (Å²) in [7, 11) is 0. The van der Waals surface area contributed by atoms with Crippen LogP contribution in [0.5, 0.6) is 0 Å². The molecule has 3 nitrogen and oxygen atoms in total. The van der Waals surface area contributed by atoms with Crippen molar-refractivity contribution in [3.05, 3.63) is 12.2 Å². The van der Waals surface area contributed by atoms with Crippen LogP contribution in [0.2, 0.25) is 0 Å². The maximum atomic E-state index is 11.7. The number of terminal acetylenes is 1. The average Bonchev–Trinajstić information content (AvgIpc) is 2.76. The molecular weight excluding hydrogens is 322 g/mol. The second kappa shape index (κ2) is 5.61. The normalized spacial score (nSPS) is 49.7. The Labute approximate surface area is 158 Å². The molecule has 4 aliphatic carbocycles. The molecule has 2 unspecified atom stereocenters. The minimum atomic E-state index is -0.599. The Morgan fingerprint density at radius 1 is 1.27 bits per heavy atom. The van der Waals surface area contributed by atoms with E-state index in [4.69, 9.17) is 6.42 Å². The molecule has 4 fully saturated rings. The lowest BCUT2D eigenvalue weighted by molar-refractivity contribution is -0.163. The topological polar surface area (TPSA) is 49.3 Å². The summed E-state index contributed by atoms with van der Waals surface area (Å²) in [6.45, 7) is 9.81. The van der Waals surface area contributed by atoms with Crippen LogP contribution in [0, 0.1) is 40.4 Å². The highest BCUT2D eigenvalue weighted by Crippen LogP contribution is 2.72. The summed E-state index contributed by atoms with van der Waals surface area (Å²) in [6, 6.07) is 0. The largest absolute Gasteiger partial charge is 0.386 e. The van der Waals surface area contributed by atoms with Crippen molar-refractivity contribution in [2.75, 3.05) is 6.54 Å². The molecule has 2 bridgehead atoms. The Bertz CT molecular complexity index is 693. The Morgan fingerprint density at radius 2 is 2.00 bits per heavy atom. The SMILES string of the molecule is C#CC(=O)NC[C@]1(C)CCC[C@]2(C)C1CC[C@]13CC(=C)[C@](O)(CCC12)C3. The number of amides is 1. The first-order valence-corrected chi connectivity index (χ1v) is 10.3. The van der Waals surface area contributed by atoms with E-state index in [1.165, 1.54) is 25.7 Å². The van der Waals surface area contributed by atoms with E-state index in [2.05, 4.69) is 31.7 Å². The number of carbonyl (C=O) groups is 1. The van der Waals surface area contributed by atoms with Gasteiger partial charge in [0.15, 0.2) is 0 Å². The monoisotopic (exact) mass is 355 g/mol. The van der Waals surface area contributed by atoms with E-state index in [1.807, 2.05) is 0 Å². The van der Waals surface area contributed by atoms with E-state index in [1.54, 1.807) is 0 Å². The maximum Gasteiger partial charge on any atom is 0.295 e. The molecule has 26 heavy (non-hydrogen) atoms. The Kier molecular flexibility index (Phi) is 3.91. The van der Waals surface area contributed by atoms with Crippen LogP contribution in [0.1, 0.15) is 71.6 Å². The number of rotatable bonds is 2. The molecule has 0 radical (unpaired) electrons. The van der Waals surface area contributed by atoms with Crippen molar-refractivity contribution in [3.63, 3.8) is 0 Å². The zero-order valence-electron chi connectivity index (χ0n) is 16.4. The van der Waals surface area contributed by atoms with Gasteiger partial charge in [-0.05, 0) is 90.9 Å². The summed E-state index contributed by atoms with van der Waals surface area (Å²) in [5.41, 5.74) is 1.15. The summed E-state index contributed by atoms with van der Waals surface area (Å²) in [4.78, 5) is 11.7. The lowest BCUT2D eigenvalue weighted by Crippen LogP contribution is -2.59. The van der Waals surface area contributed by atoms with Crippen molar-refractivity contribution >= 4 is 5.91 Å². The van der Waals surface area contributed by atoms with Crippen LogP contribution in [-0.2, 0) is 4.79 Å². The van der Waals surface area contributed by atoms with Gasteiger partial charge in [-0.1, -0.05) is 26.8 Å². The second-order valence-electron chi connectivity index (χ2n) is 10.4. The number of nitrogens with one attached hydrogen (secondary N) is 1. The van der Waals surface area contributed by atoms with E-state index in [0.717, 1.165) is 37.7 Å². The molecular formula is C23H33NO2. The standard InChI is InChI=1S/C23H33NO2/c1-5-19(25)24-15-20(3)9-6-10-21(4)17(20)7-11-22-13-16(2)23(26,14-22)12-8-18(21)22/h1,17-18,26H,2,6-15H2,3-4H3,(H,24,25)/t17?,18?,20-,21+,22+,23-/m0/s1. The molecule has 4 aliphatic rings. The molecule has 2 N–H and O–H groups in total. The van der Waals surface area contributed by atoms with Crippen molar-refractivity contribution in [2.45, 2.75) is 77.2 Å². The highest BCUT2D eigenvalue weighted by atomic mass is 16.3. The lowest BCUT2D eigenvalue weighted by atomic mass is 9.41. The van der Waals surface area contributed by atoms with Crippen molar-refractivity contribution in [2.24, 2.45) is 28.1 Å². The fourth-order valence-electron chi connectivity index (χ4n) is 8.03. The van der Waals surface area contributed by atoms with Gasteiger partial charge in [0.25, 0.3) is 5.91 Å². The first kappa shape index (κ1) is 18.1. The van der Waals surface area contributed by atoms with Gasteiger partial charge in [-0.3, -0.25) is 4.79 Å². The Hall–Kier alpha value is -1.27. The fraction of sp³-hybridized carbons (Fsp3) is 0.783. The molecule has 1 spiro atoms. The fourth-order valence-corrected chi connectivity index (χ4v) is 8.03. The zero-order chi connectivity index (χ0) is 18.8. The quantitative estimate of drug-likeness (QED) is 0.584. The van der Waals surface area contributed by atoms with Crippen LogP contribution in [0.15, 0.2) is 12.2 Å². The molecule has 3 heteroatoms. The van der Waals surface area contributed by atoms with Crippen LogP contribution in [0.25, 0.3) is 0 Å². The van der Waals surface area contributed by atoms with E-state index in [9.17, 15) is 9.90 Å². The van der Waals surface area contributed by atoms with Gasteiger partial charge in [0.05, 0.1) is 5.60 Å². The lowest BCUT2D eigenvalue weighted by Gasteiger charge is -2.64. The first-order valence-electron chi connectivity index (χ1n) is 10.3. The molecule has 4 saturated carbocycles. The number of hydrogen-bond acceptors (Lipinski definition) is 2. The van der Waals surface area contributed by atoms with Gasteiger partial charge < -0.3 is 10.4 Å². The maximum absolute atomic E-state index is 11.7. The van der Waals surface area contributed by atoms with Gasteiger partial charge in [0.2, 0.25) is 0 Å². The predicted molar refractivity (Wildman–Crippen MR) is 103 cm³/mol. The first-order chi connectivity index (χ1) is 12.2. The molecule has 4 rings (SSSR count). The van der Waals surface area contributed by atoms with Crippen LogP contribution < -0.4 is 5.32 Å². The van der Waals surface area contributed by atoms with Gasteiger partial charge in [0.1, 0.15) is 0 Å². The molecule has 6 atom stereocenters. The van der Waals surface area contributed by atoms with Gasteiger partial charge in [-0.25, -0.2) is 0 Å². The highest BCUT2D eigenvalue weighted by molar-refractivity contribution is 5.92. The van der Waals surface area contributed by atoms with Gasteiger partial charge in [-0.15, -0.1) is 6.42 Å². The van der Waals surface area contributed by atoms with E-state index in [-0.39, 0.29) is 22.2 Å².